The van der Waals surface area contributed by atoms with Crippen LogP contribution in [0.1, 0.15) is 98.3 Å². The summed E-state index contributed by atoms with van der Waals surface area (Å²) >= 11 is 0. The quantitative estimate of drug-likeness (QED) is 0.0679. The fourth-order valence-electron chi connectivity index (χ4n) is 8.98. The molecule has 22 heteroatoms. The number of nitrogens with zero attached hydrogens (tertiary/aromatic N) is 2. The summed E-state index contributed by atoms with van der Waals surface area (Å²) in [5.41, 5.74) is 1.89. The molecule has 2 heterocycles. The average Bonchev–Trinajstić information content (AvgIpc) is 4.00. The average molecular weight is 1070 g/mol. The first-order chi connectivity index (χ1) is 34.3. The van der Waals surface area contributed by atoms with Crippen LogP contribution in [0.25, 0.3) is 0 Å². The Kier molecular flexibility index (Phi) is 24.4. The highest BCUT2D eigenvalue weighted by molar-refractivity contribution is 6.01. The SMILES string of the molecule is CN[C@@H](CO)C(=O)N[C@H](C(=O)N1C[C@@H](NC(=O)c2cccc(C(=O)N[C@H]3C[C@@H](C(=O)N[C@H](C)c4ccccc4)N(C(=O)[C@@H](NC(=O)[C@H](CO)NC)C(C)C)C3)c2)C[C@H]1C(=O)N[C@H](C)c1ccccc1)C(C)C.Cl.Cl. The maximum Gasteiger partial charge on any atom is 0.251 e. The van der Waals surface area contributed by atoms with Crippen molar-refractivity contribution in [3.8, 4) is 0 Å². The number of benzene rings is 3. The molecule has 10 atom stereocenters. The van der Waals surface area contributed by atoms with Crippen LogP contribution in [0.4, 0.5) is 0 Å². The van der Waals surface area contributed by atoms with Gasteiger partial charge in [-0.05, 0) is 81.9 Å². The highest BCUT2D eigenvalue weighted by Gasteiger charge is 2.45. The first-order valence-electron chi connectivity index (χ1n) is 24.5. The van der Waals surface area contributed by atoms with Gasteiger partial charge < -0.3 is 62.5 Å². The Morgan fingerprint density at radius 2 is 0.878 bits per heavy atom. The number of aliphatic hydroxyl groups is 2. The highest BCUT2D eigenvalue weighted by Crippen LogP contribution is 2.26. The van der Waals surface area contributed by atoms with Crippen molar-refractivity contribution in [2.24, 2.45) is 11.8 Å². The summed E-state index contributed by atoms with van der Waals surface area (Å²) in [5, 5.41) is 42.2. The molecule has 0 saturated carbocycles. The summed E-state index contributed by atoms with van der Waals surface area (Å²) in [6.45, 7) is 9.45. The summed E-state index contributed by atoms with van der Waals surface area (Å²) in [7, 11) is 3.01. The molecule has 0 bridgehead atoms. The lowest BCUT2D eigenvalue weighted by Crippen LogP contribution is -2.58. The summed E-state index contributed by atoms with van der Waals surface area (Å²) < 4.78 is 0. The normalized spacial score (nSPS) is 19.6. The molecule has 8 amide bonds. The Morgan fingerprint density at radius 3 is 1.19 bits per heavy atom. The van der Waals surface area contributed by atoms with E-state index >= 15 is 0 Å². The number of likely N-dealkylation sites (tertiary alicyclic amines) is 2. The van der Waals surface area contributed by atoms with E-state index in [2.05, 4.69) is 42.5 Å². The summed E-state index contributed by atoms with van der Waals surface area (Å²) in [4.78, 5) is 114. The van der Waals surface area contributed by atoms with Gasteiger partial charge in [0.15, 0.2) is 0 Å². The van der Waals surface area contributed by atoms with Gasteiger partial charge in [0.05, 0.1) is 25.3 Å². The molecule has 3 aromatic rings. The van der Waals surface area contributed by atoms with Gasteiger partial charge in [-0.2, -0.15) is 0 Å². The number of hydrogen-bond donors (Lipinski definition) is 10. The molecular weight excluding hydrogens is 996 g/mol. The van der Waals surface area contributed by atoms with Crippen molar-refractivity contribution in [1.82, 2.24) is 52.3 Å². The molecule has 0 unspecified atom stereocenters. The maximum atomic E-state index is 14.3. The first-order valence-corrected chi connectivity index (χ1v) is 24.5. The smallest absolute Gasteiger partial charge is 0.251 e. The Hall–Kier alpha value is -6.16. The molecule has 0 radical (unpaired) electrons. The van der Waals surface area contributed by atoms with Gasteiger partial charge in [0.2, 0.25) is 35.4 Å². The summed E-state index contributed by atoms with van der Waals surface area (Å²) in [6.07, 6.45) is 0.0718. The first kappa shape index (κ1) is 62.1. The van der Waals surface area contributed by atoms with E-state index in [4.69, 9.17) is 0 Å². The van der Waals surface area contributed by atoms with Crippen LogP contribution in [0.3, 0.4) is 0 Å². The summed E-state index contributed by atoms with van der Waals surface area (Å²) in [5.74, 6) is -5.20. The lowest BCUT2D eigenvalue weighted by molar-refractivity contribution is -0.143. The number of carbonyl (C=O) groups is 8. The standard InChI is InChI=1S/C52H72N10O10.2ClH/c1-29(2)43(59-47(67)39(27-63)53-7)51(71)61-25-37(23-41(61)49(69)55-31(5)33-16-11-9-12-17-33)57-45(65)35-20-15-21-36(22-35)46(66)58-38-24-42(50(70)56-32(6)34-18-13-10-14-19-34)62(26-38)52(72)44(30(3)4)60-48(68)40(28-64)54-8;;/h9-22,29-32,37-44,53-54,63-64H,23-28H2,1-8H3,(H,55,69)(H,56,70)(H,57,65)(H,58,66)(H,59,67)(H,60,68);2*1H/t31-,32-,37+,38+,39+,40+,41+,42+,43+,44+;;/m1../s1. The minimum Gasteiger partial charge on any atom is -0.394 e. The van der Waals surface area contributed by atoms with Crippen LogP contribution < -0.4 is 42.5 Å². The third kappa shape index (κ3) is 15.9. The second kappa shape index (κ2) is 29.1. The van der Waals surface area contributed by atoms with Crippen LogP contribution in [0, 0.1) is 11.8 Å². The number of amides is 8. The van der Waals surface area contributed by atoms with E-state index in [0.717, 1.165) is 11.1 Å². The van der Waals surface area contributed by atoms with E-state index in [-0.39, 0.29) is 61.9 Å². The van der Waals surface area contributed by atoms with Gasteiger partial charge in [-0.3, -0.25) is 38.4 Å². The molecule has 74 heavy (non-hydrogen) atoms. The van der Waals surface area contributed by atoms with Crippen LogP contribution in [0.2, 0.25) is 0 Å². The molecule has 10 N–H and O–H groups in total. The molecule has 2 saturated heterocycles. The van der Waals surface area contributed by atoms with Crippen LogP contribution in [-0.2, 0) is 28.8 Å². The lowest BCUT2D eigenvalue weighted by atomic mass is 10.0. The Labute approximate surface area is 445 Å². The largest absolute Gasteiger partial charge is 0.394 e. The second-order valence-electron chi connectivity index (χ2n) is 19.2. The molecule has 0 spiro atoms. The van der Waals surface area contributed by atoms with Crippen molar-refractivity contribution in [2.75, 3.05) is 40.4 Å². The zero-order valence-corrected chi connectivity index (χ0v) is 44.8. The topological polar surface area (TPSA) is 280 Å². The van der Waals surface area contributed by atoms with Crippen LogP contribution in [0.15, 0.2) is 84.9 Å². The number of aliphatic hydroxyl groups excluding tert-OH is 2. The Morgan fingerprint density at radius 1 is 0.527 bits per heavy atom. The van der Waals surface area contributed by atoms with Gasteiger partial charge >= 0.3 is 0 Å². The summed E-state index contributed by atoms with van der Waals surface area (Å²) in [6, 6.07) is 16.0. The Bertz CT molecular complexity index is 2220. The zero-order valence-electron chi connectivity index (χ0n) is 43.1. The third-order valence-electron chi connectivity index (χ3n) is 13.3. The molecule has 0 aliphatic carbocycles. The van der Waals surface area contributed by atoms with E-state index in [9.17, 15) is 48.6 Å². The molecule has 5 rings (SSSR count). The molecule has 2 aliphatic heterocycles. The molecule has 2 fully saturated rings. The predicted molar refractivity (Wildman–Crippen MR) is 283 cm³/mol. The van der Waals surface area contributed by atoms with E-state index in [1.165, 1.54) is 48.2 Å². The predicted octanol–water partition coefficient (Wildman–Crippen LogP) is 1.13. The molecule has 0 aromatic heterocycles. The number of carbonyl (C=O) groups excluding carboxylic acids is 8. The molecule has 3 aromatic carbocycles. The van der Waals surface area contributed by atoms with E-state index in [1.807, 2.05) is 74.5 Å². The van der Waals surface area contributed by atoms with Gasteiger partial charge in [0.25, 0.3) is 11.8 Å². The number of rotatable bonds is 22. The van der Waals surface area contributed by atoms with Crippen molar-refractivity contribution < 1.29 is 48.6 Å². The fourth-order valence-corrected chi connectivity index (χ4v) is 8.98. The fraction of sp³-hybridized carbons (Fsp3) is 0.500. The van der Waals surface area contributed by atoms with Crippen LogP contribution in [-0.4, -0.2) is 156 Å². The van der Waals surface area contributed by atoms with Crippen molar-refractivity contribution in [3.05, 3.63) is 107 Å². The molecular formula is C52H74Cl2N10O10. The van der Waals surface area contributed by atoms with Crippen molar-refractivity contribution in [1.29, 1.82) is 0 Å². The van der Waals surface area contributed by atoms with E-state index < -0.39 is 133 Å². The van der Waals surface area contributed by atoms with Crippen molar-refractivity contribution in [2.45, 2.75) is 115 Å². The highest BCUT2D eigenvalue weighted by atomic mass is 35.5. The van der Waals surface area contributed by atoms with E-state index in [1.54, 1.807) is 27.7 Å². The molecule has 20 nitrogen and oxygen atoms in total. The van der Waals surface area contributed by atoms with Gasteiger partial charge in [0.1, 0.15) is 36.3 Å². The van der Waals surface area contributed by atoms with Gasteiger partial charge in [0, 0.05) is 36.3 Å². The van der Waals surface area contributed by atoms with Crippen molar-refractivity contribution >= 4 is 72.1 Å². The van der Waals surface area contributed by atoms with Gasteiger partial charge in [-0.25, -0.2) is 0 Å². The minimum atomic E-state index is -1.07. The molecule has 2 aliphatic rings. The number of hydrogen-bond acceptors (Lipinski definition) is 12. The zero-order chi connectivity index (χ0) is 52.8. The van der Waals surface area contributed by atoms with Crippen LogP contribution >= 0.6 is 24.8 Å². The Balaban J connectivity index is 0.00000722. The maximum absolute atomic E-state index is 14.3. The van der Waals surface area contributed by atoms with Crippen LogP contribution in [0.5, 0.6) is 0 Å². The monoisotopic (exact) mass is 1070 g/mol. The lowest BCUT2D eigenvalue weighted by Gasteiger charge is -2.31. The minimum absolute atomic E-state index is 0. The van der Waals surface area contributed by atoms with Gasteiger partial charge in [-0.15, -0.1) is 24.8 Å². The molecule has 406 valence electrons. The van der Waals surface area contributed by atoms with E-state index in [0.29, 0.717) is 0 Å². The number of likely N-dealkylation sites (N-methyl/N-ethyl adjacent to an activating group) is 2. The number of nitrogens with one attached hydrogen (secondary N) is 8. The van der Waals surface area contributed by atoms with Gasteiger partial charge in [-0.1, -0.05) is 94.4 Å². The number of halogens is 2. The second-order valence-corrected chi connectivity index (χ2v) is 19.2. The third-order valence-corrected chi connectivity index (χ3v) is 13.3. The van der Waals surface area contributed by atoms with Crippen molar-refractivity contribution in [3.63, 3.8) is 0 Å².